The van der Waals surface area contributed by atoms with Gasteiger partial charge >= 0.3 is 6.18 Å². The Labute approximate surface area is 149 Å². The van der Waals surface area contributed by atoms with Crippen LogP contribution in [0.25, 0.3) is 28.1 Å². The van der Waals surface area contributed by atoms with Gasteiger partial charge in [-0.3, -0.25) is 9.97 Å². The van der Waals surface area contributed by atoms with Gasteiger partial charge in [-0.15, -0.1) is 0 Å². The van der Waals surface area contributed by atoms with Gasteiger partial charge in [-0.2, -0.15) is 27.6 Å². The number of pyridine rings is 2. The third-order valence-corrected chi connectivity index (χ3v) is 3.83. The predicted octanol–water partition coefficient (Wildman–Crippen LogP) is 3.74. The summed E-state index contributed by atoms with van der Waals surface area (Å²) in [6.07, 6.45) is 1.33. The Morgan fingerprint density at radius 3 is 2.48 bits per heavy atom. The normalized spacial score (nSPS) is 11.9. The van der Waals surface area contributed by atoms with Crippen molar-refractivity contribution in [3.05, 3.63) is 60.2 Å². The summed E-state index contributed by atoms with van der Waals surface area (Å²) in [6, 6.07) is 3.34. The maximum Gasteiger partial charge on any atom is 0.420 e. The lowest BCUT2D eigenvalue weighted by Gasteiger charge is -2.09. The van der Waals surface area contributed by atoms with Crippen LogP contribution in [0.3, 0.4) is 0 Å². The zero-order valence-corrected chi connectivity index (χ0v) is 13.7. The average molecular weight is 374 g/mol. The van der Waals surface area contributed by atoms with Gasteiger partial charge in [-0.25, -0.2) is 9.67 Å². The van der Waals surface area contributed by atoms with Crippen LogP contribution in [0.5, 0.6) is 0 Å². The molecule has 0 atom stereocenters. The Kier molecular flexibility index (Phi) is 3.83. The maximum atomic E-state index is 13.8. The molecular weight excluding hydrogens is 364 g/mol. The lowest BCUT2D eigenvalue weighted by molar-refractivity contribution is -0.140. The minimum Gasteiger partial charge on any atom is -0.261 e. The van der Waals surface area contributed by atoms with E-state index in [0.29, 0.717) is 34.1 Å². The molecule has 27 heavy (non-hydrogen) atoms. The zero-order chi connectivity index (χ0) is 19.2. The van der Waals surface area contributed by atoms with E-state index in [1.807, 2.05) is 0 Å². The first-order chi connectivity index (χ1) is 12.8. The lowest BCUT2D eigenvalue weighted by atomic mass is 10.2. The highest BCUT2D eigenvalue weighted by Gasteiger charge is 2.35. The Hall–Kier alpha value is -3.43. The molecule has 0 amide bonds. The molecule has 10 heteroatoms. The van der Waals surface area contributed by atoms with Crippen LogP contribution in [0.4, 0.5) is 17.6 Å². The van der Waals surface area contributed by atoms with Crippen LogP contribution < -0.4 is 0 Å². The van der Waals surface area contributed by atoms with Crippen LogP contribution in [-0.2, 0) is 6.18 Å². The second-order valence-corrected chi connectivity index (χ2v) is 5.74. The first-order valence-electron chi connectivity index (χ1n) is 7.70. The number of rotatable bonds is 2. The molecular formula is C17H10F4N6. The molecule has 0 spiro atoms. The number of nitrogens with zero attached hydrogens (tertiary/aromatic N) is 6. The number of hydrogen-bond acceptors (Lipinski definition) is 5. The van der Waals surface area contributed by atoms with E-state index in [0.717, 1.165) is 6.07 Å². The van der Waals surface area contributed by atoms with E-state index >= 15 is 0 Å². The second-order valence-electron chi connectivity index (χ2n) is 5.74. The monoisotopic (exact) mass is 374 g/mol. The van der Waals surface area contributed by atoms with Crippen LogP contribution in [0.2, 0.25) is 0 Å². The van der Waals surface area contributed by atoms with Crippen LogP contribution in [0, 0.1) is 12.9 Å². The molecule has 0 aliphatic heterocycles. The highest BCUT2D eigenvalue weighted by molar-refractivity contribution is 5.82. The zero-order valence-electron chi connectivity index (χ0n) is 13.7. The van der Waals surface area contributed by atoms with Gasteiger partial charge in [-0.1, -0.05) is 0 Å². The Bertz CT molecular complexity index is 1150. The summed E-state index contributed by atoms with van der Waals surface area (Å²) in [7, 11) is 0. The van der Waals surface area contributed by atoms with E-state index in [4.69, 9.17) is 0 Å². The topological polar surface area (TPSA) is 69.4 Å². The van der Waals surface area contributed by atoms with Crippen molar-refractivity contribution in [2.24, 2.45) is 0 Å². The molecule has 0 aromatic carbocycles. The molecule has 6 nitrogen and oxygen atoms in total. The number of aryl methyl sites for hydroxylation is 1. The standard InChI is InChI=1S/C17H10F4N6/c1-9-5-22-8-13(25-9)12-4-14-10(6-23-12)7-24-27(14)15-3-2-11(16(18)26-15)17(19,20)21/h2-8H,1H3. The number of halogens is 4. The first-order valence-corrected chi connectivity index (χ1v) is 7.70. The van der Waals surface area contributed by atoms with E-state index in [-0.39, 0.29) is 5.82 Å². The smallest absolute Gasteiger partial charge is 0.261 e. The fourth-order valence-electron chi connectivity index (χ4n) is 2.58. The quantitative estimate of drug-likeness (QED) is 0.395. The minimum atomic E-state index is -4.82. The van der Waals surface area contributed by atoms with Gasteiger partial charge in [0, 0.05) is 17.8 Å². The summed E-state index contributed by atoms with van der Waals surface area (Å²) in [4.78, 5) is 16.1. The molecule has 0 unspecified atom stereocenters. The largest absolute Gasteiger partial charge is 0.420 e. The molecule has 0 N–H and O–H groups in total. The summed E-state index contributed by atoms with van der Waals surface area (Å²) in [5, 5.41) is 4.69. The molecule has 0 fully saturated rings. The molecule has 0 aliphatic rings. The summed E-state index contributed by atoms with van der Waals surface area (Å²) in [5.41, 5.74) is 0.786. The van der Waals surface area contributed by atoms with Gasteiger partial charge in [0.05, 0.1) is 29.3 Å². The first kappa shape index (κ1) is 17.0. The van der Waals surface area contributed by atoms with Crippen molar-refractivity contribution < 1.29 is 17.6 Å². The maximum absolute atomic E-state index is 13.8. The van der Waals surface area contributed by atoms with E-state index in [1.165, 1.54) is 17.1 Å². The average Bonchev–Trinajstić information content (AvgIpc) is 3.03. The SMILES string of the molecule is Cc1cncc(-c2cc3c(cn2)cnn3-c2ccc(C(F)(F)F)c(F)n2)n1. The van der Waals surface area contributed by atoms with Gasteiger partial charge in [0.15, 0.2) is 5.82 Å². The molecule has 4 rings (SSSR count). The molecule has 0 aliphatic carbocycles. The Morgan fingerprint density at radius 2 is 1.78 bits per heavy atom. The fourth-order valence-corrected chi connectivity index (χ4v) is 2.58. The molecule has 4 aromatic heterocycles. The highest BCUT2D eigenvalue weighted by Crippen LogP contribution is 2.31. The van der Waals surface area contributed by atoms with Gasteiger partial charge in [0.1, 0.15) is 11.3 Å². The number of fused-ring (bicyclic) bond motifs is 1. The van der Waals surface area contributed by atoms with Gasteiger partial charge in [0.2, 0.25) is 5.95 Å². The molecule has 136 valence electrons. The minimum absolute atomic E-state index is 0.0806. The lowest BCUT2D eigenvalue weighted by Crippen LogP contribution is -2.11. The number of aromatic nitrogens is 6. The van der Waals surface area contributed by atoms with Gasteiger partial charge in [0.25, 0.3) is 0 Å². The van der Waals surface area contributed by atoms with Crippen molar-refractivity contribution in [3.63, 3.8) is 0 Å². The number of hydrogen-bond donors (Lipinski definition) is 0. The van der Waals surface area contributed by atoms with Crippen LogP contribution in [-0.4, -0.2) is 29.7 Å². The Balaban J connectivity index is 1.83. The summed E-state index contributed by atoms with van der Waals surface area (Å²) < 4.78 is 53.2. The van der Waals surface area contributed by atoms with Crippen molar-refractivity contribution in [2.45, 2.75) is 13.1 Å². The molecule has 0 saturated heterocycles. The molecule has 0 radical (unpaired) electrons. The van der Waals surface area contributed by atoms with Crippen LogP contribution in [0.15, 0.2) is 43.0 Å². The van der Waals surface area contributed by atoms with Crippen LogP contribution >= 0.6 is 0 Å². The van der Waals surface area contributed by atoms with Crippen molar-refractivity contribution >= 4 is 10.9 Å². The third-order valence-electron chi connectivity index (χ3n) is 3.83. The third kappa shape index (κ3) is 3.09. The van der Waals surface area contributed by atoms with Crippen molar-refractivity contribution in [1.29, 1.82) is 0 Å². The highest BCUT2D eigenvalue weighted by atomic mass is 19.4. The van der Waals surface area contributed by atoms with Crippen LogP contribution in [0.1, 0.15) is 11.3 Å². The van der Waals surface area contributed by atoms with Crippen molar-refractivity contribution in [3.8, 4) is 17.2 Å². The van der Waals surface area contributed by atoms with Crippen molar-refractivity contribution in [2.75, 3.05) is 0 Å². The fraction of sp³-hybridized carbons (Fsp3) is 0.118. The van der Waals surface area contributed by atoms with E-state index in [1.54, 1.807) is 25.4 Å². The summed E-state index contributed by atoms with van der Waals surface area (Å²) in [6.45, 7) is 1.79. The van der Waals surface area contributed by atoms with E-state index in [2.05, 4.69) is 25.0 Å². The van der Waals surface area contributed by atoms with Gasteiger partial charge in [-0.05, 0) is 25.1 Å². The van der Waals surface area contributed by atoms with Crippen molar-refractivity contribution in [1.82, 2.24) is 29.7 Å². The number of alkyl halides is 3. The molecule has 0 bridgehead atoms. The summed E-state index contributed by atoms with van der Waals surface area (Å²) in [5.74, 6) is -1.69. The Morgan fingerprint density at radius 1 is 0.963 bits per heavy atom. The second kappa shape index (κ2) is 6.08. The predicted molar refractivity (Wildman–Crippen MR) is 87.4 cm³/mol. The molecule has 4 heterocycles. The molecule has 0 saturated carbocycles. The van der Waals surface area contributed by atoms with Gasteiger partial charge < -0.3 is 0 Å². The molecule has 4 aromatic rings. The van der Waals surface area contributed by atoms with E-state index in [9.17, 15) is 17.6 Å². The summed E-state index contributed by atoms with van der Waals surface area (Å²) >= 11 is 0. The van der Waals surface area contributed by atoms with E-state index < -0.39 is 17.7 Å².